The maximum atomic E-state index is 10.7. The van der Waals surface area contributed by atoms with Crippen LogP contribution < -0.4 is 0 Å². The molecule has 0 aromatic heterocycles. The standard InChI is InChI=1S/C25H40O4/c1-16-7-6-8-25(13-16,21-9-17(2)23(26)19(11-21)14-28-4)22-10-18(3)24(27)20(12-22)15-29-5/h11-12,16-17,21-23,26-27H,6-10,13-15H2,1-5H3. The second-order valence-electron chi connectivity index (χ2n) is 9.94. The fourth-order valence-corrected chi connectivity index (χ4v) is 6.32. The summed E-state index contributed by atoms with van der Waals surface area (Å²) >= 11 is 0. The highest BCUT2D eigenvalue weighted by atomic mass is 16.5. The van der Waals surface area contributed by atoms with E-state index in [2.05, 4.69) is 32.9 Å². The molecule has 1 saturated carbocycles. The quantitative estimate of drug-likeness (QED) is 0.598. The maximum Gasteiger partial charge on any atom is 0.119 e. The summed E-state index contributed by atoms with van der Waals surface area (Å²) in [5, 5.41) is 21.3. The lowest BCUT2D eigenvalue weighted by Gasteiger charge is -2.52. The molecule has 0 amide bonds. The fourth-order valence-electron chi connectivity index (χ4n) is 6.32. The summed E-state index contributed by atoms with van der Waals surface area (Å²) in [7, 11) is 3.40. The monoisotopic (exact) mass is 404 g/mol. The van der Waals surface area contributed by atoms with Crippen LogP contribution in [0.3, 0.4) is 0 Å². The van der Waals surface area contributed by atoms with Gasteiger partial charge in [0.1, 0.15) is 5.76 Å². The van der Waals surface area contributed by atoms with Crippen LogP contribution in [0, 0.1) is 29.1 Å². The normalized spacial score (nSPS) is 38.6. The Morgan fingerprint density at radius 1 is 1.10 bits per heavy atom. The van der Waals surface area contributed by atoms with Gasteiger partial charge in [-0.15, -0.1) is 0 Å². The number of hydrogen-bond donors (Lipinski definition) is 2. The van der Waals surface area contributed by atoms with Gasteiger partial charge in [-0.05, 0) is 72.8 Å². The number of rotatable bonds is 6. The number of aliphatic hydroxyl groups is 2. The summed E-state index contributed by atoms with van der Waals surface area (Å²) < 4.78 is 10.8. The van der Waals surface area contributed by atoms with Gasteiger partial charge in [0, 0.05) is 19.8 Å². The molecule has 3 rings (SSSR count). The Morgan fingerprint density at radius 2 is 1.83 bits per heavy atom. The molecule has 3 aliphatic rings. The zero-order valence-electron chi connectivity index (χ0n) is 18.9. The Balaban J connectivity index is 2.03. The highest BCUT2D eigenvalue weighted by Crippen LogP contribution is 2.57. The number of methoxy groups -OCH3 is 2. The smallest absolute Gasteiger partial charge is 0.119 e. The van der Waals surface area contributed by atoms with Crippen LogP contribution in [0.2, 0.25) is 0 Å². The third-order valence-electron chi connectivity index (χ3n) is 7.75. The van der Waals surface area contributed by atoms with Crippen LogP contribution in [0.15, 0.2) is 34.6 Å². The first kappa shape index (κ1) is 22.6. The summed E-state index contributed by atoms with van der Waals surface area (Å²) in [6.45, 7) is 7.57. The summed E-state index contributed by atoms with van der Waals surface area (Å²) in [5.74, 6) is 2.17. The molecule has 4 nitrogen and oxygen atoms in total. The van der Waals surface area contributed by atoms with Gasteiger partial charge in [-0.2, -0.15) is 0 Å². The lowest BCUT2D eigenvalue weighted by molar-refractivity contribution is 0.00842. The van der Waals surface area contributed by atoms with Crippen molar-refractivity contribution in [3.63, 3.8) is 0 Å². The zero-order chi connectivity index (χ0) is 21.2. The van der Waals surface area contributed by atoms with Crippen molar-refractivity contribution in [1.82, 2.24) is 0 Å². The van der Waals surface area contributed by atoms with Crippen LogP contribution in [0.25, 0.3) is 0 Å². The van der Waals surface area contributed by atoms with Crippen LogP contribution in [0.1, 0.15) is 59.3 Å². The van der Waals surface area contributed by atoms with Crippen molar-refractivity contribution in [2.75, 3.05) is 27.4 Å². The zero-order valence-corrected chi connectivity index (χ0v) is 18.9. The van der Waals surface area contributed by atoms with Crippen molar-refractivity contribution >= 4 is 0 Å². The average molecular weight is 405 g/mol. The summed E-state index contributed by atoms with van der Waals surface area (Å²) in [5.41, 5.74) is 3.21. The van der Waals surface area contributed by atoms with Gasteiger partial charge < -0.3 is 19.7 Å². The minimum atomic E-state index is -0.402. The predicted molar refractivity (Wildman–Crippen MR) is 117 cm³/mol. The van der Waals surface area contributed by atoms with Crippen molar-refractivity contribution in [3.05, 3.63) is 34.6 Å². The Bertz CT molecular complexity index is 672. The minimum absolute atomic E-state index is 0.159. The van der Waals surface area contributed by atoms with Gasteiger partial charge in [0.2, 0.25) is 0 Å². The lowest BCUT2D eigenvalue weighted by atomic mass is 9.52. The average Bonchev–Trinajstić information content (AvgIpc) is 2.68. The SMILES string of the molecule is COCC1=CC(C2(C3C=C(COC)C(O)C(C)C3)CCCC(C)C2)CC(C)=C1O. The molecule has 4 heteroatoms. The summed E-state index contributed by atoms with van der Waals surface area (Å²) in [6, 6.07) is 0. The van der Waals surface area contributed by atoms with Crippen LogP contribution in [-0.2, 0) is 9.47 Å². The molecule has 0 radical (unpaired) electrons. The van der Waals surface area contributed by atoms with Gasteiger partial charge >= 0.3 is 0 Å². The fraction of sp³-hybridized carbons (Fsp3) is 0.760. The Labute approximate surface area is 176 Å². The molecule has 0 aromatic carbocycles. The molecule has 1 fully saturated rings. The molecular weight excluding hydrogens is 364 g/mol. The van der Waals surface area contributed by atoms with Gasteiger partial charge in [-0.25, -0.2) is 0 Å². The van der Waals surface area contributed by atoms with E-state index in [0.29, 0.717) is 36.7 Å². The predicted octanol–water partition coefficient (Wildman–Crippen LogP) is 5.20. The van der Waals surface area contributed by atoms with E-state index >= 15 is 0 Å². The Hall–Kier alpha value is -1.10. The maximum absolute atomic E-state index is 10.7. The van der Waals surface area contributed by atoms with Crippen molar-refractivity contribution < 1.29 is 19.7 Å². The molecule has 3 aliphatic carbocycles. The summed E-state index contributed by atoms with van der Waals surface area (Å²) in [6.07, 6.45) is 11.1. The molecule has 2 N–H and O–H groups in total. The second-order valence-corrected chi connectivity index (χ2v) is 9.94. The molecule has 29 heavy (non-hydrogen) atoms. The van der Waals surface area contributed by atoms with Gasteiger partial charge in [0.25, 0.3) is 0 Å². The van der Waals surface area contributed by atoms with Gasteiger partial charge in [-0.3, -0.25) is 0 Å². The van der Waals surface area contributed by atoms with Crippen molar-refractivity contribution in [1.29, 1.82) is 0 Å². The number of hydrogen-bond acceptors (Lipinski definition) is 4. The molecule has 0 aliphatic heterocycles. The van der Waals surface area contributed by atoms with E-state index in [4.69, 9.17) is 9.47 Å². The first-order valence-corrected chi connectivity index (χ1v) is 11.3. The van der Waals surface area contributed by atoms with Crippen molar-refractivity contribution in [3.8, 4) is 0 Å². The van der Waals surface area contributed by atoms with Crippen LogP contribution >= 0.6 is 0 Å². The highest BCUT2D eigenvalue weighted by Gasteiger charge is 2.49. The lowest BCUT2D eigenvalue weighted by Crippen LogP contribution is -2.45. The molecule has 0 heterocycles. The Morgan fingerprint density at radius 3 is 2.48 bits per heavy atom. The minimum Gasteiger partial charge on any atom is -0.508 e. The first-order valence-electron chi connectivity index (χ1n) is 11.3. The second kappa shape index (κ2) is 9.36. The molecule has 0 spiro atoms. The number of ether oxygens (including phenoxy) is 2. The molecule has 6 unspecified atom stereocenters. The molecule has 0 bridgehead atoms. The third kappa shape index (κ3) is 4.50. The third-order valence-corrected chi connectivity index (χ3v) is 7.75. The number of aliphatic hydroxyl groups excluding tert-OH is 2. The van der Waals surface area contributed by atoms with E-state index in [9.17, 15) is 10.2 Å². The molecule has 6 atom stereocenters. The molecular formula is C25H40O4. The van der Waals surface area contributed by atoms with Gasteiger partial charge in [0.05, 0.1) is 19.3 Å². The van der Waals surface area contributed by atoms with Crippen molar-refractivity contribution in [2.45, 2.75) is 65.4 Å². The van der Waals surface area contributed by atoms with Gasteiger partial charge in [-0.1, -0.05) is 38.8 Å². The molecule has 164 valence electrons. The van der Waals surface area contributed by atoms with E-state index in [1.54, 1.807) is 14.2 Å². The van der Waals surface area contributed by atoms with E-state index in [-0.39, 0.29) is 11.3 Å². The van der Waals surface area contributed by atoms with Gasteiger partial charge in [0.15, 0.2) is 0 Å². The number of allylic oxidation sites excluding steroid dienone is 3. The Kier molecular flexibility index (Phi) is 7.29. The van der Waals surface area contributed by atoms with E-state index < -0.39 is 6.10 Å². The van der Waals surface area contributed by atoms with Crippen molar-refractivity contribution in [2.24, 2.45) is 29.1 Å². The summed E-state index contributed by atoms with van der Waals surface area (Å²) in [4.78, 5) is 0. The van der Waals surface area contributed by atoms with Crippen LogP contribution in [0.4, 0.5) is 0 Å². The van der Waals surface area contributed by atoms with Crippen LogP contribution in [0.5, 0.6) is 0 Å². The van der Waals surface area contributed by atoms with E-state index in [1.807, 2.05) is 0 Å². The molecule has 0 saturated heterocycles. The van der Waals surface area contributed by atoms with Crippen LogP contribution in [-0.4, -0.2) is 43.8 Å². The largest absolute Gasteiger partial charge is 0.508 e. The van der Waals surface area contributed by atoms with E-state index in [0.717, 1.165) is 29.6 Å². The topological polar surface area (TPSA) is 58.9 Å². The molecule has 0 aromatic rings. The highest BCUT2D eigenvalue weighted by molar-refractivity contribution is 5.36. The van der Waals surface area contributed by atoms with E-state index in [1.165, 1.54) is 25.7 Å². The first-order chi connectivity index (χ1) is 13.8.